The lowest BCUT2D eigenvalue weighted by Crippen LogP contribution is -2.28. The van der Waals surface area contributed by atoms with Gasteiger partial charge in [0.05, 0.1) is 6.10 Å². The van der Waals surface area contributed by atoms with E-state index in [-0.39, 0.29) is 5.92 Å². The van der Waals surface area contributed by atoms with Gasteiger partial charge in [0.2, 0.25) is 0 Å². The lowest BCUT2D eigenvalue weighted by atomic mass is 9.80. The molecule has 2 nitrogen and oxygen atoms in total. The number of carbonyl (C=O) groups is 1. The number of Topliss-reactive ketones (excluding diaryl/α,β-unsaturated/α-hetero) is 1. The summed E-state index contributed by atoms with van der Waals surface area (Å²) in [4.78, 5) is 12.0. The average molecular weight is 324 g/mol. The molecule has 88 valence electrons. The number of halogens is 1. The minimum atomic E-state index is 0.261. The first-order chi connectivity index (χ1) is 7.19. The van der Waals surface area contributed by atoms with Gasteiger partial charge in [-0.05, 0) is 32.1 Å². The van der Waals surface area contributed by atoms with Crippen LogP contribution < -0.4 is 0 Å². The summed E-state index contributed by atoms with van der Waals surface area (Å²) in [7, 11) is 0. The molecule has 1 unspecified atom stereocenters. The Balaban J connectivity index is 2.35. The Morgan fingerprint density at radius 3 is 2.47 bits per heavy atom. The second-order valence-corrected chi connectivity index (χ2v) is 5.16. The normalized spacial score (nSPS) is 28.7. The maximum atomic E-state index is 12.0. The largest absolute Gasteiger partial charge is 0.312 e. The molecule has 0 radical (unpaired) electrons. The van der Waals surface area contributed by atoms with Crippen LogP contribution in [0.5, 0.6) is 0 Å². The number of ketones is 1. The Kier molecular flexibility index (Phi) is 6.12. The van der Waals surface area contributed by atoms with Crippen LogP contribution in [0.2, 0.25) is 0 Å². The Morgan fingerprint density at radius 2 is 2.00 bits per heavy atom. The van der Waals surface area contributed by atoms with Crippen molar-refractivity contribution < 1.29 is 7.86 Å². The van der Waals surface area contributed by atoms with Crippen molar-refractivity contribution in [1.82, 2.24) is 0 Å². The predicted molar refractivity (Wildman–Crippen MR) is 69.9 cm³/mol. The van der Waals surface area contributed by atoms with E-state index in [9.17, 15) is 4.79 Å². The Morgan fingerprint density at radius 1 is 1.40 bits per heavy atom. The van der Waals surface area contributed by atoms with Gasteiger partial charge in [-0.3, -0.25) is 4.79 Å². The molecule has 1 aliphatic carbocycles. The molecule has 0 amide bonds. The van der Waals surface area contributed by atoms with Crippen LogP contribution in [0.15, 0.2) is 0 Å². The molecule has 15 heavy (non-hydrogen) atoms. The fourth-order valence-electron chi connectivity index (χ4n) is 2.41. The quantitative estimate of drug-likeness (QED) is 0.717. The van der Waals surface area contributed by atoms with Crippen molar-refractivity contribution in [2.24, 2.45) is 11.8 Å². The molecule has 1 aliphatic rings. The Labute approximate surface area is 107 Å². The molecular weight excluding hydrogens is 303 g/mol. The molecule has 1 rings (SSSR count). The lowest BCUT2D eigenvalue weighted by Gasteiger charge is -2.27. The highest BCUT2D eigenvalue weighted by molar-refractivity contribution is 14.1. The second-order valence-electron chi connectivity index (χ2n) is 4.65. The van der Waals surface area contributed by atoms with Gasteiger partial charge in [0.1, 0.15) is 28.8 Å². The summed E-state index contributed by atoms with van der Waals surface area (Å²) in [6, 6.07) is 0. The van der Waals surface area contributed by atoms with E-state index in [0.29, 0.717) is 17.8 Å². The number of hydrogen-bond acceptors (Lipinski definition) is 2. The van der Waals surface area contributed by atoms with Crippen molar-refractivity contribution in [2.45, 2.75) is 58.5 Å². The zero-order valence-corrected chi connectivity index (χ0v) is 11.8. The molecule has 0 saturated heterocycles. The van der Waals surface area contributed by atoms with Gasteiger partial charge >= 0.3 is 0 Å². The number of rotatable bonds is 5. The van der Waals surface area contributed by atoms with Gasteiger partial charge in [-0.15, -0.1) is 0 Å². The van der Waals surface area contributed by atoms with E-state index in [2.05, 4.69) is 13.8 Å². The van der Waals surface area contributed by atoms with Gasteiger partial charge in [-0.1, -0.05) is 20.3 Å². The maximum absolute atomic E-state index is 12.0. The van der Waals surface area contributed by atoms with Crippen molar-refractivity contribution in [3.8, 4) is 0 Å². The van der Waals surface area contributed by atoms with Crippen molar-refractivity contribution in [2.75, 3.05) is 0 Å². The molecular formula is C12H21IO2. The van der Waals surface area contributed by atoms with Crippen LogP contribution in [-0.2, 0) is 7.86 Å². The van der Waals surface area contributed by atoms with Crippen LogP contribution in [0.4, 0.5) is 0 Å². The van der Waals surface area contributed by atoms with E-state index < -0.39 is 0 Å². The van der Waals surface area contributed by atoms with Gasteiger partial charge in [0.15, 0.2) is 0 Å². The van der Waals surface area contributed by atoms with E-state index in [0.717, 1.165) is 38.5 Å². The minimum absolute atomic E-state index is 0.261. The van der Waals surface area contributed by atoms with E-state index in [4.69, 9.17) is 3.07 Å². The summed E-state index contributed by atoms with van der Waals surface area (Å²) < 4.78 is 5.29. The summed E-state index contributed by atoms with van der Waals surface area (Å²) >= 11 is 1.97. The van der Waals surface area contributed by atoms with Crippen molar-refractivity contribution in [3.05, 3.63) is 0 Å². The van der Waals surface area contributed by atoms with Gasteiger partial charge in [-0.2, -0.15) is 0 Å². The third-order valence-electron chi connectivity index (χ3n) is 3.41. The van der Waals surface area contributed by atoms with Crippen LogP contribution in [-0.4, -0.2) is 11.9 Å². The second kappa shape index (κ2) is 6.84. The van der Waals surface area contributed by atoms with E-state index >= 15 is 0 Å². The highest BCUT2D eigenvalue weighted by atomic mass is 127. The predicted octanol–water partition coefficient (Wildman–Crippen LogP) is 3.92. The van der Waals surface area contributed by atoms with Gasteiger partial charge in [-0.25, -0.2) is 0 Å². The van der Waals surface area contributed by atoms with Gasteiger partial charge in [0.25, 0.3) is 0 Å². The van der Waals surface area contributed by atoms with Gasteiger partial charge < -0.3 is 3.07 Å². The van der Waals surface area contributed by atoms with Crippen LogP contribution in [0.25, 0.3) is 0 Å². The Hall–Kier alpha value is 0.360. The Bertz CT molecular complexity index is 198. The molecule has 0 heterocycles. The minimum Gasteiger partial charge on any atom is -0.312 e. The highest BCUT2D eigenvalue weighted by Gasteiger charge is 2.28. The molecule has 1 saturated carbocycles. The van der Waals surface area contributed by atoms with Gasteiger partial charge in [0, 0.05) is 11.8 Å². The molecule has 0 bridgehead atoms. The molecule has 3 heteroatoms. The number of hydrogen-bond donors (Lipinski definition) is 0. The van der Waals surface area contributed by atoms with E-state index in [1.165, 1.54) is 0 Å². The average Bonchev–Trinajstić information content (AvgIpc) is 2.28. The monoisotopic (exact) mass is 324 g/mol. The zero-order chi connectivity index (χ0) is 11.3. The summed E-state index contributed by atoms with van der Waals surface area (Å²) in [5.41, 5.74) is 0. The fraction of sp³-hybridized carbons (Fsp3) is 0.917. The fourth-order valence-corrected chi connectivity index (χ4v) is 2.92. The number of carbonyl (C=O) groups excluding carboxylic acids is 1. The lowest BCUT2D eigenvalue weighted by molar-refractivity contribution is -0.127. The van der Waals surface area contributed by atoms with Crippen LogP contribution in [0.3, 0.4) is 0 Å². The van der Waals surface area contributed by atoms with Crippen LogP contribution >= 0.6 is 23.0 Å². The molecule has 1 atom stereocenters. The molecule has 0 aliphatic heterocycles. The highest BCUT2D eigenvalue weighted by Crippen LogP contribution is 2.30. The third-order valence-corrected chi connectivity index (χ3v) is 4.13. The third kappa shape index (κ3) is 4.02. The summed E-state index contributed by atoms with van der Waals surface area (Å²) in [6.07, 6.45) is 6.70. The topological polar surface area (TPSA) is 26.3 Å². The molecule has 1 fully saturated rings. The molecule has 0 aromatic carbocycles. The molecule has 0 aromatic heterocycles. The summed E-state index contributed by atoms with van der Waals surface area (Å²) in [5.74, 6) is 1.06. The first-order valence-corrected chi connectivity index (χ1v) is 6.88. The van der Waals surface area contributed by atoms with Crippen molar-refractivity contribution in [1.29, 1.82) is 0 Å². The van der Waals surface area contributed by atoms with Crippen LogP contribution in [0, 0.1) is 11.8 Å². The van der Waals surface area contributed by atoms with Crippen molar-refractivity contribution in [3.63, 3.8) is 0 Å². The van der Waals surface area contributed by atoms with Crippen LogP contribution in [0.1, 0.15) is 52.4 Å². The molecule has 0 N–H and O–H groups in total. The smallest absolute Gasteiger partial charge is 0.138 e. The first kappa shape index (κ1) is 13.4. The molecule has 0 spiro atoms. The standard InChI is InChI=1S/C12H21IO2/c1-3-4-9(2)12(14)10-5-7-11(15-13)8-6-10/h9-11H,3-8H2,1-2H3. The SMILES string of the molecule is CCCC(C)C(=O)C1CCC(OI)CC1. The first-order valence-electron chi connectivity index (χ1n) is 6.00. The maximum Gasteiger partial charge on any atom is 0.138 e. The summed E-state index contributed by atoms with van der Waals surface area (Å²) in [5, 5.41) is 0. The van der Waals surface area contributed by atoms with E-state index in [1.54, 1.807) is 0 Å². The van der Waals surface area contributed by atoms with Crippen molar-refractivity contribution >= 4 is 28.8 Å². The summed E-state index contributed by atoms with van der Waals surface area (Å²) in [6.45, 7) is 4.22. The molecule has 0 aromatic rings. The zero-order valence-electron chi connectivity index (χ0n) is 9.67. The van der Waals surface area contributed by atoms with E-state index in [1.807, 2.05) is 23.0 Å².